The molecule has 12 nitrogen and oxygen atoms in total. The highest BCUT2D eigenvalue weighted by atomic mass is 16.5. The standard InChI is InChI=1S/C26H41N5O7/c1-15(2)11-20(27)24(35)29-16(3)22(33)28-12-26(13-38-14-26)31-17(4)23(34)30-21(25(36)37)10-7-18-5-8-19(32)9-6-18/h5-6,8-9,15-17,20-21,31-32H,7,10-14,27H2,1-4H3,(H,28,33)(H,29,35)(H,30,34)(H,36,37)/t16-,17-,20-,21-/m0/s1. The summed E-state index contributed by atoms with van der Waals surface area (Å²) in [5.74, 6) is -2.09. The van der Waals surface area contributed by atoms with Gasteiger partial charge in [-0.3, -0.25) is 19.7 Å². The van der Waals surface area contributed by atoms with Crippen molar-refractivity contribution in [2.24, 2.45) is 11.7 Å². The van der Waals surface area contributed by atoms with E-state index < -0.39 is 53.4 Å². The fraction of sp³-hybridized carbons (Fsp3) is 0.615. The van der Waals surface area contributed by atoms with Crippen molar-refractivity contribution < 1.29 is 34.1 Å². The highest BCUT2D eigenvalue weighted by Crippen LogP contribution is 2.17. The third-order valence-electron chi connectivity index (χ3n) is 6.36. The molecule has 4 atom stereocenters. The average molecular weight is 536 g/mol. The minimum absolute atomic E-state index is 0.117. The number of hydrogen-bond acceptors (Lipinski definition) is 8. The molecule has 0 unspecified atom stereocenters. The van der Waals surface area contributed by atoms with Crippen LogP contribution in [0.2, 0.25) is 0 Å². The topological polar surface area (TPSA) is 192 Å². The number of nitrogens with two attached hydrogens (primary N) is 1. The number of phenolic OH excluding ortho intramolecular Hbond substituents is 1. The van der Waals surface area contributed by atoms with Crippen molar-refractivity contribution in [3.8, 4) is 5.75 Å². The zero-order valence-corrected chi connectivity index (χ0v) is 22.5. The van der Waals surface area contributed by atoms with Crippen LogP contribution in [0.25, 0.3) is 0 Å². The number of nitrogens with one attached hydrogen (secondary N) is 4. The molecule has 1 aliphatic rings. The molecule has 1 fully saturated rings. The number of carbonyl (C=O) groups excluding carboxylic acids is 3. The van der Waals surface area contributed by atoms with Gasteiger partial charge >= 0.3 is 5.97 Å². The van der Waals surface area contributed by atoms with Crippen molar-refractivity contribution in [2.75, 3.05) is 19.8 Å². The van der Waals surface area contributed by atoms with E-state index in [1.807, 2.05) is 13.8 Å². The molecule has 1 heterocycles. The molecular formula is C26H41N5O7. The highest BCUT2D eigenvalue weighted by molar-refractivity contribution is 5.89. The lowest BCUT2D eigenvalue weighted by molar-refractivity contribution is -0.143. The lowest BCUT2D eigenvalue weighted by atomic mass is 9.95. The summed E-state index contributed by atoms with van der Waals surface area (Å²) in [6.45, 7) is 7.71. The SMILES string of the molecule is CC(C)C[C@H](N)C(=O)N[C@@H](C)C(=O)NCC1(N[C@@H](C)C(=O)N[C@@H](CCc2ccc(O)cc2)C(=O)O)COC1. The fourth-order valence-electron chi connectivity index (χ4n) is 4.05. The van der Waals surface area contributed by atoms with Crippen LogP contribution in [0.15, 0.2) is 24.3 Å². The Hall–Kier alpha value is -3.22. The largest absolute Gasteiger partial charge is 0.508 e. The molecule has 0 aromatic heterocycles. The van der Waals surface area contributed by atoms with E-state index in [9.17, 15) is 29.4 Å². The number of carbonyl (C=O) groups is 4. The van der Waals surface area contributed by atoms with E-state index in [1.165, 1.54) is 12.1 Å². The molecule has 12 heteroatoms. The maximum Gasteiger partial charge on any atom is 0.326 e. The van der Waals surface area contributed by atoms with Gasteiger partial charge in [0.15, 0.2) is 0 Å². The zero-order chi connectivity index (χ0) is 28.5. The molecule has 1 aromatic rings. The number of amides is 3. The number of ether oxygens (including phenoxy) is 1. The molecule has 0 bridgehead atoms. The number of carboxylic acid groups (broad SMARTS) is 1. The molecule has 1 aliphatic heterocycles. The molecule has 2 rings (SSSR count). The molecule has 0 saturated carbocycles. The van der Waals surface area contributed by atoms with Crippen molar-refractivity contribution >= 4 is 23.7 Å². The van der Waals surface area contributed by atoms with Crippen molar-refractivity contribution in [3.05, 3.63) is 29.8 Å². The van der Waals surface area contributed by atoms with Crippen LogP contribution in [-0.2, 0) is 30.3 Å². The van der Waals surface area contributed by atoms with E-state index in [-0.39, 0.29) is 37.8 Å². The second kappa shape index (κ2) is 14.1. The first-order chi connectivity index (χ1) is 17.8. The van der Waals surface area contributed by atoms with Crippen molar-refractivity contribution in [2.45, 2.75) is 76.7 Å². The maximum atomic E-state index is 12.8. The van der Waals surface area contributed by atoms with E-state index in [4.69, 9.17) is 10.5 Å². The van der Waals surface area contributed by atoms with Crippen LogP contribution in [-0.4, -0.2) is 83.4 Å². The van der Waals surface area contributed by atoms with Gasteiger partial charge in [0, 0.05) is 6.54 Å². The predicted octanol–water partition coefficient (Wildman–Crippen LogP) is -0.364. The Morgan fingerprint density at radius 3 is 2.13 bits per heavy atom. The summed E-state index contributed by atoms with van der Waals surface area (Å²) in [6.07, 6.45) is 1.08. The molecule has 0 aliphatic carbocycles. The molecule has 3 amide bonds. The second-order valence-corrected chi connectivity index (χ2v) is 10.4. The first kappa shape index (κ1) is 31.0. The van der Waals surface area contributed by atoms with Gasteiger partial charge in [0.2, 0.25) is 17.7 Å². The van der Waals surface area contributed by atoms with Gasteiger partial charge in [-0.25, -0.2) is 4.79 Å². The van der Waals surface area contributed by atoms with Crippen LogP contribution in [0.4, 0.5) is 0 Å². The molecular weight excluding hydrogens is 494 g/mol. The van der Waals surface area contributed by atoms with Crippen molar-refractivity contribution in [1.82, 2.24) is 21.3 Å². The second-order valence-electron chi connectivity index (χ2n) is 10.4. The quantitative estimate of drug-likeness (QED) is 0.157. The summed E-state index contributed by atoms with van der Waals surface area (Å²) >= 11 is 0. The predicted molar refractivity (Wildman–Crippen MR) is 140 cm³/mol. The number of benzene rings is 1. The van der Waals surface area contributed by atoms with Gasteiger partial charge in [0.1, 0.15) is 17.8 Å². The summed E-state index contributed by atoms with van der Waals surface area (Å²) in [5, 5.41) is 30.1. The van der Waals surface area contributed by atoms with Crippen LogP contribution in [0.3, 0.4) is 0 Å². The highest BCUT2D eigenvalue weighted by Gasteiger charge is 2.41. The van der Waals surface area contributed by atoms with E-state index in [1.54, 1.807) is 26.0 Å². The van der Waals surface area contributed by atoms with Gasteiger partial charge in [-0.15, -0.1) is 0 Å². The van der Waals surface area contributed by atoms with Crippen LogP contribution in [0.1, 0.15) is 46.1 Å². The van der Waals surface area contributed by atoms with Gasteiger partial charge in [0.05, 0.1) is 30.8 Å². The van der Waals surface area contributed by atoms with E-state index >= 15 is 0 Å². The van der Waals surface area contributed by atoms with Gasteiger partial charge in [-0.1, -0.05) is 26.0 Å². The lowest BCUT2D eigenvalue weighted by Crippen LogP contribution is -2.70. The first-order valence-electron chi connectivity index (χ1n) is 12.8. The number of hydrogen-bond donors (Lipinski definition) is 7. The lowest BCUT2D eigenvalue weighted by Gasteiger charge is -2.44. The molecule has 1 aromatic carbocycles. The smallest absolute Gasteiger partial charge is 0.326 e. The van der Waals surface area contributed by atoms with Crippen molar-refractivity contribution in [3.63, 3.8) is 0 Å². The molecule has 212 valence electrons. The average Bonchev–Trinajstić information content (AvgIpc) is 2.82. The number of rotatable bonds is 15. The molecule has 38 heavy (non-hydrogen) atoms. The van der Waals surface area contributed by atoms with Gasteiger partial charge in [-0.05, 0) is 56.7 Å². The van der Waals surface area contributed by atoms with Crippen molar-refractivity contribution in [1.29, 1.82) is 0 Å². The normalized spacial score (nSPS) is 17.4. The van der Waals surface area contributed by atoms with Crippen LogP contribution in [0, 0.1) is 5.92 Å². The Morgan fingerprint density at radius 2 is 1.61 bits per heavy atom. The van der Waals surface area contributed by atoms with Gasteiger partial charge < -0.3 is 36.6 Å². The first-order valence-corrected chi connectivity index (χ1v) is 12.8. The Bertz CT molecular complexity index is 965. The maximum absolute atomic E-state index is 12.8. The summed E-state index contributed by atoms with van der Waals surface area (Å²) < 4.78 is 5.32. The number of carboxylic acids is 1. The molecule has 0 spiro atoms. The number of aliphatic carboxylic acids is 1. The van der Waals surface area contributed by atoms with Gasteiger partial charge in [0.25, 0.3) is 0 Å². The van der Waals surface area contributed by atoms with E-state index in [0.717, 1.165) is 5.56 Å². The zero-order valence-electron chi connectivity index (χ0n) is 22.5. The number of aromatic hydroxyl groups is 1. The monoisotopic (exact) mass is 535 g/mol. The fourth-order valence-corrected chi connectivity index (χ4v) is 4.05. The van der Waals surface area contributed by atoms with Crippen LogP contribution < -0.4 is 27.0 Å². The third-order valence-corrected chi connectivity index (χ3v) is 6.36. The van der Waals surface area contributed by atoms with Crippen LogP contribution >= 0.6 is 0 Å². The minimum atomic E-state index is -1.15. The van der Waals surface area contributed by atoms with E-state index in [0.29, 0.717) is 12.8 Å². The Balaban J connectivity index is 1.85. The summed E-state index contributed by atoms with van der Waals surface area (Å²) in [7, 11) is 0. The molecule has 1 saturated heterocycles. The van der Waals surface area contributed by atoms with Crippen LogP contribution in [0.5, 0.6) is 5.75 Å². The number of aryl methyl sites for hydroxylation is 1. The summed E-state index contributed by atoms with van der Waals surface area (Å²) in [6, 6.07) is 3.06. The summed E-state index contributed by atoms with van der Waals surface area (Å²) in [4.78, 5) is 49.3. The minimum Gasteiger partial charge on any atom is -0.508 e. The molecule has 0 radical (unpaired) electrons. The third kappa shape index (κ3) is 9.58. The summed E-state index contributed by atoms with van der Waals surface area (Å²) in [5.41, 5.74) is 6.00. The molecule has 8 N–H and O–H groups in total. The Kier molecular flexibility index (Phi) is 11.5. The van der Waals surface area contributed by atoms with Gasteiger partial charge in [-0.2, -0.15) is 0 Å². The Labute approximate surface area is 223 Å². The Morgan fingerprint density at radius 1 is 0.974 bits per heavy atom. The number of phenols is 1. The van der Waals surface area contributed by atoms with E-state index in [2.05, 4.69) is 21.3 Å².